The lowest BCUT2D eigenvalue weighted by Gasteiger charge is -2.22. The Bertz CT molecular complexity index is 439. The number of hydrogen-bond acceptors (Lipinski definition) is 4. The normalized spacial score (nSPS) is 9.39. The molecule has 5 nitrogen and oxygen atoms in total. The van der Waals surface area contributed by atoms with E-state index in [1.165, 1.54) is 6.92 Å². The summed E-state index contributed by atoms with van der Waals surface area (Å²) in [5.74, 6) is -0.141. The van der Waals surface area contributed by atoms with E-state index < -0.39 is 0 Å². The first-order chi connectivity index (χ1) is 8.67. The van der Waals surface area contributed by atoms with Gasteiger partial charge in [-0.25, -0.2) is 0 Å². The summed E-state index contributed by atoms with van der Waals surface area (Å²) in [6, 6.07) is 9.85. The first-order valence-corrected chi connectivity index (χ1v) is 5.92. The van der Waals surface area contributed by atoms with Gasteiger partial charge < -0.3 is 4.90 Å². The lowest BCUT2D eigenvalue weighted by atomic mass is 10.2. The molecule has 0 radical (unpaired) electrons. The van der Waals surface area contributed by atoms with Crippen LogP contribution in [0.4, 0.5) is 11.4 Å². The number of nitriles is 1. The molecule has 5 heteroatoms. The van der Waals surface area contributed by atoms with Gasteiger partial charge in [0.05, 0.1) is 18.2 Å². The van der Waals surface area contributed by atoms with Crippen molar-refractivity contribution in [2.24, 2.45) is 0 Å². The maximum atomic E-state index is 10.8. The van der Waals surface area contributed by atoms with E-state index in [2.05, 4.69) is 21.8 Å². The number of carbonyl (C=O) groups excluding carboxylic acids is 1. The average Bonchev–Trinajstić information content (AvgIpc) is 2.38. The van der Waals surface area contributed by atoms with Crippen LogP contribution in [-0.4, -0.2) is 19.0 Å². The Morgan fingerprint density at radius 2 is 2.28 bits per heavy atom. The van der Waals surface area contributed by atoms with E-state index in [0.717, 1.165) is 17.9 Å². The van der Waals surface area contributed by atoms with E-state index in [1.54, 1.807) is 0 Å². The Morgan fingerprint density at radius 1 is 1.50 bits per heavy atom. The molecule has 0 aliphatic carbocycles. The van der Waals surface area contributed by atoms with Crippen molar-refractivity contribution in [2.45, 2.75) is 20.3 Å². The fraction of sp³-hybridized carbons (Fsp3) is 0.385. The van der Waals surface area contributed by atoms with Crippen LogP contribution >= 0.6 is 0 Å². The number of hydrazine groups is 1. The van der Waals surface area contributed by atoms with Gasteiger partial charge in [0.1, 0.15) is 0 Å². The van der Waals surface area contributed by atoms with E-state index in [0.29, 0.717) is 13.0 Å². The highest BCUT2D eigenvalue weighted by molar-refractivity contribution is 5.74. The molecule has 0 saturated carbocycles. The summed E-state index contributed by atoms with van der Waals surface area (Å²) >= 11 is 0. The molecule has 0 spiro atoms. The molecule has 1 aromatic carbocycles. The van der Waals surface area contributed by atoms with Crippen molar-refractivity contribution >= 4 is 17.3 Å². The molecule has 1 aromatic rings. The molecule has 0 fully saturated rings. The molecule has 1 amide bonds. The van der Waals surface area contributed by atoms with Gasteiger partial charge in [-0.2, -0.15) is 5.26 Å². The number of amides is 1. The maximum Gasteiger partial charge on any atom is 0.235 e. The van der Waals surface area contributed by atoms with Crippen LogP contribution in [0.5, 0.6) is 0 Å². The molecule has 0 aliphatic rings. The van der Waals surface area contributed by atoms with Crippen molar-refractivity contribution in [2.75, 3.05) is 23.4 Å². The van der Waals surface area contributed by atoms with Gasteiger partial charge in [0.15, 0.2) is 0 Å². The van der Waals surface area contributed by atoms with Crippen LogP contribution in [0.1, 0.15) is 20.3 Å². The lowest BCUT2D eigenvalue weighted by molar-refractivity contribution is -0.118. The first-order valence-electron chi connectivity index (χ1n) is 5.92. The molecule has 0 bridgehead atoms. The van der Waals surface area contributed by atoms with E-state index >= 15 is 0 Å². The van der Waals surface area contributed by atoms with Crippen LogP contribution in [-0.2, 0) is 4.79 Å². The molecular weight excluding hydrogens is 228 g/mol. The number of nitrogens with zero attached hydrogens (tertiary/aromatic N) is 2. The van der Waals surface area contributed by atoms with Gasteiger partial charge in [-0.05, 0) is 25.1 Å². The van der Waals surface area contributed by atoms with Gasteiger partial charge in [0.2, 0.25) is 5.91 Å². The predicted molar refractivity (Wildman–Crippen MR) is 72.0 cm³/mol. The van der Waals surface area contributed by atoms with Gasteiger partial charge in [-0.15, -0.1) is 0 Å². The zero-order valence-electron chi connectivity index (χ0n) is 10.7. The summed E-state index contributed by atoms with van der Waals surface area (Å²) in [7, 11) is 0. The molecule has 0 atom stereocenters. The predicted octanol–water partition coefficient (Wildman–Crippen LogP) is 1.89. The van der Waals surface area contributed by atoms with E-state index in [4.69, 9.17) is 5.26 Å². The third-order valence-corrected chi connectivity index (χ3v) is 2.47. The van der Waals surface area contributed by atoms with Crippen molar-refractivity contribution in [1.82, 2.24) is 5.43 Å². The van der Waals surface area contributed by atoms with Crippen molar-refractivity contribution in [1.29, 1.82) is 5.26 Å². The molecular formula is C13H18N4O. The van der Waals surface area contributed by atoms with Crippen molar-refractivity contribution in [3.63, 3.8) is 0 Å². The Balaban J connectivity index is 2.73. The molecule has 0 heterocycles. The Kier molecular flexibility index (Phi) is 5.52. The molecule has 96 valence electrons. The summed E-state index contributed by atoms with van der Waals surface area (Å²) in [5, 5.41) is 8.62. The third-order valence-electron chi connectivity index (χ3n) is 2.47. The zero-order chi connectivity index (χ0) is 13.4. The SMILES string of the molecule is CCN(CCC#N)c1cccc(NNC(C)=O)c1. The molecule has 1 rings (SSSR count). The van der Waals surface area contributed by atoms with Crippen LogP contribution < -0.4 is 15.8 Å². The Morgan fingerprint density at radius 3 is 2.89 bits per heavy atom. The van der Waals surface area contributed by atoms with E-state index in [9.17, 15) is 4.79 Å². The number of carbonyl (C=O) groups is 1. The molecule has 2 N–H and O–H groups in total. The highest BCUT2D eigenvalue weighted by Gasteiger charge is 2.04. The first kappa shape index (κ1) is 13.8. The highest BCUT2D eigenvalue weighted by Crippen LogP contribution is 2.19. The molecule has 0 unspecified atom stereocenters. The third kappa shape index (κ3) is 4.34. The number of nitrogens with one attached hydrogen (secondary N) is 2. The fourth-order valence-corrected chi connectivity index (χ4v) is 1.60. The van der Waals surface area contributed by atoms with Crippen LogP contribution in [0.3, 0.4) is 0 Å². The maximum absolute atomic E-state index is 10.8. The van der Waals surface area contributed by atoms with Crippen LogP contribution in [0, 0.1) is 11.3 Å². The van der Waals surface area contributed by atoms with Crippen LogP contribution in [0.15, 0.2) is 24.3 Å². The van der Waals surface area contributed by atoms with Crippen molar-refractivity contribution < 1.29 is 4.79 Å². The number of anilines is 2. The molecule has 0 aliphatic heterocycles. The summed E-state index contributed by atoms with van der Waals surface area (Å²) in [6.07, 6.45) is 0.497. The smallest absolute Gasteiger partial charge is 0.235 e. The summed E-state index contributed by atoms with van der Waals surface area (Å²) in [4.78, 5) is 12.9. The highest BCUT2D eigenvalue weighted by atomic mass is 16.2. The fourth-order valence-electron chi connectivity index (χ4n) is 1.60. The van der Waals surface area contributed by atoms with Gasteiger partial charge in [-0.3, -0.25) is 15.6 Å². The molecule has 0 aromatic heterocycles. The summed E-state index contributed by atoms with van der Waals surface area (Å²) in [5.41, 5.74) is 7.21. The largest absolute Gasteiger partial charge is 0.371 e. The monoisotopic (exact) mass is 246 g/mol. The zero-order valence-corrected chi connectivity index (χ0v) is 10.7. The molecule has 0 saturated heterocycles. The van der Waals surface area contributed by atoms with Crippen molar-refractivity contribution in [3.05, 3.63) is 24.3 Å². The second-order valence-corrected chi connectivity index (χ2v) is 3.84. The summed E-state index contributed by atoms with van der Waals surface area (Å²) in [6.45, 7) is 5.04. The second kappa shape index (κ2) is 7.17. The number of rotatable bonds is 6. The van der Waals surface area contributed by atoms with E-state index in [-0.39, 0.29) is 5.91 Å². The second-order valence-electron chi connectivity index (χ2n) is 3.84. The van der Waals surface area contributed by atoms with Crippen LogP contribution in [0.25, 0.3) is 0 Å². The minimum atomic E-state index is -0.141. The standard InChI is InChI=1S/C13H18N4O/c1-3-17(9-5-8-14)13-7-4-6-12(10-13)16-15-11(2)18/h4,6-7,10,16H,3,5,9H2,1-2H3,(H,15,18). The van der Waals surface area contributed by atoms with E-state index in [1.807, 2.05) is 31.2 Å². The average molecular weight is 246 g/mol. The Hall–Kier alpha value is -2.22. The minimum Gasteiger partial charge on any atom is -0.371 e. The van der Waals surface area contributed by atoms with Gasteiger partial charge in [0.25, 0.3) is 0 Å². The van der Waals surface area contributed by atoms with Crippen LogP contribution in [0.2, 0.25) is 0 Å². The number of benzene rings is 1. The Labute approximate surface area is 107 Å². The van der Waals surface area contributed by atoms with Crippen molar-refractivity contribution in [3.8, 4) is 6.07 Å². The number of hydrogen-bond donors (Lipinski definition) is 2. The summed E-state index contributed by atoms with van der Waals surface area (Å²) < 4.78 is 0. The quantitative estimate of drug-likeness (QED) is 0.752. The minimum absolute atomic E-state index is 0.141. The molecule has 18 heavy (non-hydrogen) atoms. The van der Waals surface area contributed by atoms with Gasteiger partial charge in [-0.1, -0.05) is 6.07 Å². The van der Waals surface area contributed by atoms with Gasteiger partial charge in [0, 0.05) is 25.7 Å². The topological polar surface area (TPSA) is 68.2 Å². The lowest BCUT2D eigenvalue weighted by Crippen LogP contribution is -2.27. The van der Waals surface area contributed by atoms with Gasteiger partial charge >= 0.3 is 0 Å².